The number of hydrogen-bond acceptors (Lipinski definition) is 3. The summed E-state index contributed by atoms with van der Waals surface area (Å²) in [4.78, 5) is 0. The van der Waals surface area contributed by atoms with Gasteiger partial charge in [0, 0.05) is 5.39 Å². The minimum Gasteiger partial charge on any atom is -0.436 e. The first-order valence-electron chi connectivity index (χ1n) is 4.03. The van der Waals surface area contributed by atoms with E-state index >= 15 is 0 Å². The van der Waals surface area contributed by atoms with Crippen LogP contribution in [0.15, 0.2) is 40.9 Å². The number of aromatic nitrogens is 2. The number of hydrogen-bond donors (Lipinski definition) is 0. The fourth-order valence-corrected chi connectivity index (χ4v) is 1.40. The summed E-state index contributed by atoms with van der Waals surface area (Å²) in [5.41, 5.74) is 1.79. The van der Waals surface area contributed by atoms with Crippen LogP contribution >= 0.6 is 0 Å². The smallest absolute Gasteiger partial charge is 0.247 e. The lowest BCUT2D eigenvalue weighted by Gasteiger charge is -1.98. The van der Waals surface area contributed by atoms with Gasteiger partial charge < -0.3 is 4.42 Å². The predicted molar refractivity (Wildman–Crippen MR) is 48.4 cm³/mol. The standard InChI is InChI=1S/C10H6N2O/c1-2-4-9-7(3-1)5-8-6-11-12-10(8)13-9/h1-6H. The zero-order valence-electron chi connectivity index (χ0n) is 6.77. The van der Waals surface area contributed by atoms with E-state index in [2.05, 4.69) is 10.2 Å². The maximum Gasteiger partial charge on any atom is 0.247 e. The second-order valence-electron chi connectivity index (χ2n) is 2.89. The number of rotatable bonds is 0. The Labute approximate surface area is 74.4 Å². The van der Waals surface area contributed by atoms with Gasteiger partial charge in [0.2, 0.25) is 5.89 Å². The number of fused-ring (bicyclic) bond motifs is 2. The van der Waals surface area contributed by atoms with Crippen molar-refractivity contribution in [3.63, 3.8) is 0 Å². The largest absolute Gasteiger partial charge is 0.436 e. The lowest BCUT2D eigenvalue weighted by atomic mass is 10.2. The van der Waals surface area contributed by atoms with Crippen LogP contribution in [0.3, 0.4) is 0 Å². The molecule has 3 nitrogen and oxygen atoms in total. The Morgan fingerprint density at radius 1 is 1.15 bits per heavy atom. The highest BCUT2D eigenvalue weighted by atomic mass is 16.3. The summed E-state index contributed by atoms with van der Waals surface area (Å²) in [6.45, 7) is 0. The van der Waals surface area contributed by atoms with Crippen LogP contribution in [0.2, 0.25) is 0 Å². The third-order valence-electron chi connectivity index (χ3n) is 2.03. The molecule has 0 N–H and O–H groups in total. The van der Waals surface area contributed by atoms with E-state index in [9.17, 15) is 0 Å². The van der Waals surface area contributed by atoms with Gasteiger partial charge in [0.25, 0.3) is 0 Å². The first kappa shape index (κ1) is 6.60. The lowest BCUT2D eigenvalue weighted by Crippen LogP contribution is -1.78. The summed E-state index contributed by atoms with van der Waals surface area (Å²) in [6, 6.07) is 9.87. The molecule has 0 atom stereocenters. The molecule has 0 radical (unpaired) electrons. The van der Waals surface area contributed by atoms with E-state index in [-0.39, 0.29) is 0 Å². The topological polar surface area (TPSA) is 38.9 Å². The molecule has 0 bridgehead atoms. The molecule has 1 aromatic rings. The number of benzene rings is 1. The first-order chi connectivity index (χ1) is 6.43. The zero-order chi connectivity index (χ0) is 8.67. The van der Waals surface area contributed by atoms with Crippen molar-refractivity contribution < 1.29 is 4.42 Å². The van der Waals surface area contributed by atoms with Crippen molar-refractivity contribution >= 4 is 11.0 Å². The molecule has 0 amide bonds. The van der Waals surface area contributed by atoms with E-state index in [1.807, 2.05) is 30.3 Å². The summed E-state index contributed by atoms with van der Waals surface area (Å²) in [5.74, 6) is 0.596. The maximum atomic E-state index is 5.51. The second kappa shape index (κ2) is 2.29. The highest BCUT2D eigenvalue weighted by Crippen LogP contribution is 2.25. The van der Waals surface area contributed by atoms with E-state index < -0.39 is 0 Å². The molecular weight excluding hydrogens is 164 g/mol. The van der Waals surface area contributed by atoms with Gasteiger partial charge in [0.1, 0.15) is 5.58 Å². The van der Waals surface area contributed by atoms with Crippen molar-refractivity contribution in [1.82, 2.24) is 10.2 Å². The molecule has 0 aromatic heterocycles. The van der Waals surface area contributed by atoms with Crippen LogP contribution in [0.4, 0.5) is 0 Å². The van der Waals surface area contributed by atoms with Crippen molar-refractivity contribution in [3.05, 3.63) is 36.5 Å². The third kappa shape index (κ3) is 0.902. The molecule has 2 aliphatic heterocycles. The molecule has 0 fully saturated rings. The van der Waals surface area contributed by atoms with E-state index in [1.165, 1.54) is 0 Å². The third-order valence-corrected chi connectivity index (χ3v) is 2.03. The Bertz CT molecular complexity index is 483. The molecule has 13 heavy (non-hydrogen) atoms. The minimum absolute atomic E-state index is 0.596. The summed E-state index contributed by atoms with van der Waals surface area (Å²) in [7, 11) is 0. The molecule has 0 spiro atoms. The Morgan fingerprint density at radius 2 is 2.08 bits per heavy atom. The van der Waals surface area contributed by atoms with Crippen LogP contribution < -0.4 is 0 Å². The quantitative estimate of drug-likeness (QED) is 0.519. The predicted octanol–water partition coefficient (Wildman–Crippen LogP) is 2.33. The summed E-state index contributed by atoms with van der Waals surface area (Å²) < 4.78 is 5.51. The summed E-state index contributed by atoms with van der Waals surface area (Å²) in [6.07, 6.45) is 1.70. The fraction of sp³-hybridized carbons (Fsp3) is 0. The Morgan fingerprint density at radius 3 is 3.08 bits per heavy atom. The van der Waals surface area contributed by atoms with Crippen LogP contribution in [0.5, 0.6) is 0 Å². The first-order valence-corrected chi connectivity index (χ1v) is 4.03. The maximum absolute atomic E-state index is 5.51. The Kier molecular flexibility index (Phi) is 1.16. The Balaban J connectivity index is 2.52. The van der Waals surface area contributed by atoms with Crippen molar-refractivity contribution in [2.24, 2.45) is 0 Å². The molecule has 0 aliphatic carbocycles. The number of nitrogens with zero attached hydrogens (tertiary/aromatic N) is 2. The molecule has 62 valence electrons. The fourth-order valence-electron chi connectivity index (χ4n) is 1.40. The van der Waals surface area contributed by atoms with Gasteiger partial charge in [-0.15, -0.1) is 5.10 Å². The van der Waals surface area contributed by atoms with E-state index in [1.54, 1.807) is 6.20 Å². The average Bonchev–Trinajstić information content (AvgIpc) is 2.61. The van der Waals surface area contributed by atoms with Crippen molar-refractivity contribution in [2.45, 2.75) is 0 Å². The van der Waals surface area contributed by atoms with Gasteiger partial charge in [0.05, 0.1) is 11.8 Å². The highest BCUT2D eigenvalue weighted by Gasteiger charge is 2.08. The van der Waals surface area contributed by atoms with E-state index in [0.29, 0.717) is 5.89 Å². The van der Waals surface area contributed by atoms with Crippen LogP contribution in [0.25, 0.3) is 22.4 Å². The summed E-state index contributed by atoms with van der Waals surface area (Å²) in [5, 5.41) is 8.71. The molecule has 1 aromatic carbocycles. The van der Waals surface area contributed by atoms with Gasteiger partial charge in [-0.2, -0.15) is 5.10 Å². The highest BCUT2D eigenvalue weighted by molar-refractivity contribution is 5.81. The minimum atomic E-state index is 0.596. The van der Waals surface area contributed by atoms with E-state index in [4.69, 9.17) is 4.42 Å². The molecule has 3 heteroatoms. The van der Waals surface area contributed by atoms with E-state index in [0.717, 1.165) is 16.5 Å². The molecule has 2 aliphatic rings. The zero-order valence-corrected chi connectivity index (χ0v) is 6.77. The summed E-state index contributed by atoms with van der Waals surface area (Å²) >= 11 is 0. The van der Waals surface area contributed by atoms with Crippen LogP contribution in [0, 0.1) is 0 Å². The molecule has 0 saturated heterocycles. The van der Waals surface area contributed by atoms with Crippen molar-refractivity contribution in [2.75, 3.05) is 0 Å². The molecular formula is C10H6N2O. The van der Waals surface area contributed by atoms with Gasteiger partial charge >= 0.3 is 0 Å². The van der Waals surface area contributed by atoms with Crippen molar-refractivity contribution in [1.29, 1.82) is 0 Å². The Hall–Kier alpha value is -1.90. The normalized spacial score (nSPS) is 11.1. The van der Waals surface area contributed by atoms with Gasteiger partial charge in [-0.1, -0.05) is 18.2 Å². The second-order valence-corrected chi connectivity index (χ2v) is 2.89. The van der Waals surface area contributed by atoms with Gasteiger partial charge in [-0.3, -0.25) is 0 Å². The van der Waals surface area contributed by atoms with Crippen LogP contribution in [0.1, 0.15) is 0 Å². The van der Waals surface area contributed by atoms with Crippen molar-refractivity contribution in [3.8, 4) is 11.5 Å². The van der Waals surface area contributed by atoms with Gasteiger partial charge in [-0.05, 0) is 12.1 Å². The molecule has 0 unspecified atom stereocenters. The average molecular weight is 170 g/mol. The van der Waals surface area contributed by atoms with Gasteiger partial charge in [0.15, 0.2) is 0 Å². The van der Waals surface area contributed by atoms with Crippen LogP contribution in [-0.2, 0) is 0 Å². The number of para-hydroxylation sites is 1. The van der Waals surface area contributed by atoms with Crippen LogP contribution in [-0.4, -0.2) is 10.2 Å². The SMILES string of the molecule is c1ccc2oc3nncc-3cc2c1. The molecule has 0 saturated carbocycles. The monoisotopic (exact) mass is 170 g/mol. The molecule has 3 rings (SSSR count). The molecule has 2 heterocycles. The lowest BCUT2D eigenvalue weighted by molar-refractivity contribution is 0.598. The van der Waals surface area contributed by atoms with Gasteiger partial charge in [-0.25, -0.2) is 0 Å².